The second-order valence-electron chi connectivity index (χ2n) is 4.34. The number of ketones is 1. The van der Waals surface area contributed by atoms with Gasteiger partial charge in [0, 0.05) is 27.6 Å². The van der Waals surface area contributed by atoms with Gasteiger partial charge in [0.25, 0.3) is 0 Å². The molecule has 2 N–H and O–H groups in total. The number of rotatable bonds is 8. The summed E-state index contributed by atoms with van der Waals surface area (Å²) in [5.41, 5.74) is 5.55. The molecule has 0 bridgehead atoms. The lowest BCUT2D eigenvalue weighted by Crippen LogP contribution is -2.10. The average molecular weight is 318 g/mol. The van der Waals surface area contributed by atoms with Gasteiger partial charge < -0.3 is 5.73 Å². The molecule has 0 aliphatic heterocycles. The third kappa shape index (κ3) is 5.80. The number of Topliss-reactive ketones (excluding diaryl/α,β-unsaturated/α-hetero) is 1. The molecule has 1 aromatic heterocycles. The third-order valence-electron chi connectivity index (χ3n) is 2.98. The fraction of sp³-hybridized carbons (Fsp3) is 0.615. The zero-order chi connectivity index (χ0) is 12.7. The molecule has 0 aromatic carbocycles. The predicted molar refractivity (Wildman–Crippen MR) is 77.4 cm³/mol. The lowest BCUT2D eigenvalue weighted by Gasteiger charge is -2.12. The third-order valence-corrected chi connectivity index (χ3v) is 4.67. The Morgan fingerprint density at radius 2 is 2.29 bits per heavy atom. The van der Waals surface area contributed by atoms with Crippen molar-refractivity contribution in [3.8, 4) is 0 Å². The molecule has 0 aliphatic rings. The Labute approximate surface area is 116 Å². The molecule has 2 nitrogen and oxygen atoms in total. The van der Waals surface area contributed by atoms with Crippen LogP contribution in [0.1, 0.15) is 37.5 Å². The normalized spacial score (nSPS) is 12.6. The lowest BCUT2D eigenvalue weighted by molar-refractivity contribution is -0.118. The van der Waals surface area contributed by atoms with Crippen LogP contribution in [0.4, 0.5) is 0 Å². The van der Waals surface area contributed by atoms with Gasteiger partial charge in [-0.3, -0.25) is 4.79 Å². The molecule has 0 radical (unpaired) electrons. The van der Waals surface area contributed by atoms with Gasteiger partial charge >= 0.3 is 0 Å². The van der Waals surface area contributed by atoms with E-state index in [4.69, 9.17) is 5.73 Å². The molecule has 0 amide bonds. The van der Waals surface area contributed by atoms with Crippen LogP contribution in [0.15, 0.2) is 15.9 Å². The summed E-state index contributed by atoms with van der Waals surface area (Å²) in [5.74, 6) is 0.953. The van der Waals surface area contributed by atoms with Crippen LogP contribution in [-0.4, -0.2) is 12.3 Å². The van der Waals surface area contributed by atoms with Crippen LogP contribution in [0, 0.1) is 5.92 Å². The van der Waals surface area contributed by atoms with Crippen molar-refractivity contribution in [3.05, 3.63) is 20.8 Å². The highest BCUT2D eigenvalue weighted by Gasteiger charge is 2.10. The van der Waals surface area contributed by atoms with E-state index in [-0.39, 0.29) is 0 Å². The summed E-state index contributed by atoms with van der Waals surface area (Å²) in [6, 6.07) is 2.03. The summed E-state index contributed by atoms with van der Waals surface area (Å²) in [5, 5.41) is 2.02. The fourth-order valence-corrected chi connectivity index (χ4v) is 3.36. The smallest absolute Gasteiger partial charge is 0.138 e. The lowest BCUT2D eigenvalue weighted by atomic mass is 9.95. The SMILES string of the molecule is CCC(CCN)CCC(=O)Cc1cc(Br)cs1. The summed E-state index contributed by atoms with van der Waals surface area (Å²) in [6.45, 7) is 2.89. The first-order chi connectivity index (χ1) is 8.15. The monoisotopic (exact) mass is 317 g/mol. The van der Waals surface area contributed by atoms with Crippen LogP contribution in [0.2, 0.25) is 0 Å². The van der Waals surface area contributed by atoms with Gasteiger partial charge in [0.15, 0.2) is 0 Å². The molecule has 0 spiro atoms. The number of carbonyl (C=O) groups is 1. The molecule has 1 unspecified atom stereocenters. The molecule has 1 heterocycles. The van der Waals surface area contributed by atoms with E-state index in [0.29, 0.717) is 24.5 Å². The van der Waals surface area contributed by atoms with Crippen LogP contribution < -0.4 is 5.73 Å². The summed E-state index contributed by atoms with van der Waals surface area (Å²) < 4.78 is 1.07. The second-order valence-corrected chi connectivity index (χ2v) is 6.25. The summed E-state index contributed by atoms with van der Waals surface area (Å²) in [7, 11) is 0. The minimum Gasteiger partial charge on any atom is -0.330 e. The van der Waals surface area contributed by atoms with Gasteiger partial charge in [0.05, 0.1) is 0 Å². The maximum absolute atomic E-state index is 11.8. The maximum Gasteiger partial charge on any atom is 0.138 e. The minimum absolute atomic E-state index is 0.342. The molecule has 0 fully saturated rings. The molecule has 0 saturated heterocycles. The summed E-state index contributed by atoms with van der Waals surface area (Å²) >= 11 is 5.04. The van der Waals surface area contributed by atoms with E-state index < -0.39 is 0 Å². The van der Waals surface area contributed by atoms with Gasteiger partial charge in [-0.2, -0.15) is 0 Å². The van der Waals surface area contributed by atoms with E-state index in [2.05, 4.69) is 22.9 Å². The van der Waals surface area contributed by atoms with E-state index in [1.54, 1.807) is 11.3 Å². The Morgan fingerprint density at radius 1 is 1.53 bits per heavy atom. The van der Waals surface area contributed by atoms with E-state index in [1.807, 2.05) is 11.4 Å². The summed E-state index contributed by atoms with van der Waals surface area (Å²) in [6.07, 6.45) is 4.41. The van der Waals surface area contributed by atoms with Crippen molar-refractivity contribution in [1.29, 1.82) is 0 Å². The first-order valence-corrected chi connectivity index (χ1v) is 7.77. The number of thiophene rings is 1. The van der Waals surface area contributed by atoms with Crippen molar-refractivity contribution in [2.75, 3.05) is 6.54 Å². The molecule has 96 valence electrons. The molecular formula is C13H20BrNOS. The standard InChI is InChI=1S/C13H20BrNOS/c1-2-10(5-6-15)3-4-12(16)8-13-7-11(14)9-17-13/h7,9-10H,2-6,8,15H2,1H3. The molecule has 4 heteroatoms. The van der Waals surface area contributed by atoms with Gasteiger partial charge in [0.2, 0.25) is 0 Å². The largest absolute Gasteiger partial charge is 0.330 e. The highest BCUT2D eigenvalue weighted by Crippen LogP contribution is 2.21. The Hall–Kier alpha value is -0.190. The minimum atomic E-state index is 0.342. The molecule has 1 rings (SSSR count). The fourth-order valence-electron chi connectivity index (χ4n) is 1.88. The van der Waals surface area contributed by atoms with Gasteiger partial charge in [-0.05, 0) is 47.3 Å². The Kier molecular flexibility index (Phi) is 7.00. The van der Waals surface area contributed by atoms with Crippen LogP contribution in [0.25, 0.3) is 0 Å². The Morgan fingerprint density at radius 3 is 2.82 bits per heavy atom. The van der Waals surface area contributed by atoms with Crippen LogP contribution in [0.5, 0.6) is 0 Å². The maximum atomic E-state index is 11.8. The zero-order valence-electron chi connectivity index (χ0n) is 10.2. The van der Waals surface area contributed by atoms with Crippen molar-refractivity contribution in [1.82, 2.24) is 0 Å². The zero-order valence-corrected chi connectivity index (χ0v) is 12.6. The molecule has 17 heavy (non-hydrogen) atoms. The highest BCUT2D eigenvalue weighted by molar-refractivity contribution is 9.10. The van der Waals surface area contributed by atoms with Crippen molar-refractivity contribution in [2.45, 2.75) is 39.0 Å². The Balaban J connectivity index is 2.29. The Bertz CT molecular complexity index is 351. The average Bonchev–Trinajstić information content (AvgIpc) is 2.70. The van der Waals surface area contributed by atoms with Gasteiger partial charge in [-0.15, -0.1) is 11.3 Å². The van der Waals surface area contributed by atoms with E-state index in [0.717, 1.165) is 35.2 Å². The number of hydrogen-bond acceptors (Lipinski definition) is 3. The van der Waals surface area contributed by atoms with E-state index >= 15 is 0 Å². The first-order valence-electron chi connectivity index (χ1n) is 6.10. The highest BCUT2D eigenvalue weighted by atomic mass is 79.9. The number of halogens is 1. The van der Waals surface area contributed by atoms with E-state index in [9.17, 15) is 4.79 Å². The predicted octanol–water partition coefficient (Wildman–Crippen LogP) is 3.78. The van der Waals surface area contributed by atoms with Gasteiger partial charge in [-0.25, -0.2) is 0 Å². The molecule has 1 aromatic rings. The number of hydrogen-bond donors (Lipinski definition) is 1. The molecule has 0 saturated carbocycles. The summed E-state index contributed by atoms with van der Waals surface area (Å²) in [4.78, 5) is 13.0. The van der Waals surface area contributed by atoms with Crippen molar-refractivity contribution >= 4 is 33.0 Å². The quantitative estimate of drug-likeness (QED) is 0.793. The molecule has 1 atom stereocenters. The molecule has 0 aliphatic carbocycles. The van der Waals surface area contributed by atoms with E-state index in [1.165, 1.54) is 0 Å². The van der Waals surface area contributed by atoms with Crippen molar-refractivity contribution < 1.29 is 4.79 Å². The number of nitrogens with two attached hydrogens (primary N) is 1. The van der Waals surface area contributed by atoms with Crippen molar-refractivity contribution in [3.63, 3.8) is 0 Å². The number of carbonyl (C=O) groups excluding carboxylic acids is 1. The van der Waals surface area contributed by atoms with Gasteiger partial charge in [0.1, 0.15) is 5.78 Å². The van der Waals surface area contributed by atoms with Crippen LogP contribution >= 0.6 is 27.3 Å². The first kappa shape index (κ1) is 14.9. The van der Waals surface area contributed by atoms with Gasteiger partial charge in [-0.1, -0.05) is 13.3 Å². The van der Waals surface area contributed by atoms with Crippen LogP contribution in [0.3, 0.4) is 0 Å². The topological polar surface area (TPSA) is 43.1 Å². The second kappa shape index (κ2) is 8.01. The van der Waals surface area contributed by atoms with Crippen LogP contribution in [-0.2, 0) is 11.2 Å². The molecular weight excluding hydrogens is 298 g/mol. The van der Waals surface area contributed by atoms with Crippen molar-refractivity contribution in [2.24, 2.45) is 11.7 Å².